The highest BCUT2D eigenvalue weighted by atomic mass is 16.5. The zero-order chi connectivity index (χ0) is 9.26. The molecular weight excluding hydrogens is 162 g/mol. The van der Waals surface area contributed by atoms with E-state index in [1.165, 1.54) is 5.56 Å². The molecule has 1 heterocycles. The molecular formula is C11H11NO. The predicted molar refractivity (Wildman–Crippen MR) is 51.8 cm³/mol. The van der Waals surface area contributed by atoms with Gasteiger partial charge in [0.15, 0.2) is 0 Å². The molecule has 0 amide bonds. The SMILES string of the molecule is Cc1ccc(-c2ccn(O)c2)cc1. The Bertz CT molecular complexity index is 400. The predicted octanol–water partition coefficient (Wildman–Crippen LogP) is 2.70. The van der Waals surface area contributed by atoms with Crippen molar-refractivity contribution < 1.29 is 5.21 Å². The van der Waals surface area contributed by atoms with Crippen LogP contribution in [0.25, 0.3) is 11.1 Å². The summed E-state index contributed by atoms with van der Waals surface area (Å²) in [4.78, 5) is 0. The third kappa shape index (κ3) is 1.56. The fourth-order valence-electron chi connectivity index (χ4n) is 1.30. The summed E-state index contributed by atoms with van der Waals surface area (Å²) in [6.07, 6.45) is 3.31. The van der Waals surface area contributed by atoms with Crippen molar-refractivity contribution in [2.24, 2.45) is 0 Å². The van der Waals surface area contributed by atoms with Gasteiger partial charge in [-0.25, -0.2) is 4.73 Å². The topological polar surface area (TPSA) is 25.2 Å². The average molecular weight is 173 g/mol. The molecule has 0 aliphatic heterocycles. The maximum atomic E-state index is 9.09. The summed E-state index contributed by atoms with van der Waals surface area (Å²) in [5.41, 5.74) is 3.40. The van der Waals surface area contributed by atoms with Crippen LogP contribution in [0.3, 0.4) is 0 Å². The van der Waals surface area contributed by atoms with Gasteiger partial charge in [0.05, 0.1) is 6.20 Å². The van der Waals surface area contributed by atoms with Crippen molar-refractivity contribution >= 4 is 0 Å². The lowest BCUT2D eigenvalue weighted by molar-refractivity contribution is 0.188. The van der Waals surface area contributed by atoms with E-state index in [0.717, 1.165) is 15.9 Å². The highest BCUT2D eigenvalue weighted by Crippen LogP contribution is 2.19. The Kier molecular flexibility index (Phi) is 1.81. The van der Waals surface area contributed by atoms with Crippen LogP contribution in [0.2, 0.25) is 0 Å². The molecule has 0 radical (unpaired) electrons. The van der Waals surface area contributed by atoms with E-state index < -0.39 is 0 Å². The van der Waals surface area contributed by atoms with Crippen molar-refractivity contribution in [1.29, 1.82) is 0 Å². The monoisotopic (exact) mass is 173 g/mol. The zero-order valence-corrected chi connectivity index (χ0v) is 7.44. The zero-order valence-electron chi connectivity index (χ0n) is 7.44. The van der Waals surface area contributed by atoms with Crippen LogP contribution >= 0.6 is 0 Å². The molecule has 0 aliphatic carbocycles. The van der Waals surface area contributed by atoms with Crippen LogP contribution in [0, 0.1) is 6.92 Å². The first-order valence-corrected chi connectivity index (χ1v) is 4.20. The van der Waals surface area contributed by atoms with Crippen LogP contribution < -0.4 is 0 Å². The van der Waals surface area contributed by atoms with Crippen molar-refractivity contribution in [2.75, 3.05) is 0 Å². The Balaban J connectivity index is 2.41. The Morgan fingerprint density at radius 1 is 1.00 bits per heavy atom. The van der Waals surface area contributed by atoms with Gasteiger partial charge in [0.2, 0.25) is 0 Å². The van der Waals surface area contributed by atoms with Gasteiger partial charge >= 0.3 is 0 Å². The number of rotatable bonds is 1. The molecule has 0 atom stereocenters. The van der Waals surface area contributed by atoms with Gasteiger partial charge in [-0.2, -0.15) is 0 Å². The second-order valence-electron chi connectivity index (χ2n) is 3.15. The lowest BCUT2D eigenvalue weighted by atomic mass is 10.1. The highest BCUT2D eigenvalue weighted by Gasteiger charge is 1.98. The van der Waals surface area contributed by atoms with E-state index in [4.69, 9.17) is 5.21 Å². The van der Waals surface area contributed by atoms with Crippen molar-refractivity contribution in [3.8, 4) is 11.1 Å². The van der Waals surface area contributed by atoms with E-state index in [0.29, 0.717) is 0 Å². The van der Waals surface area contributed by atoms with Gasteiger partial charge < -0.3 is 5.21 Å². The molecule has 13 heavy (non-hydrogen) atoms. The summed E-state index contributed by atoms with van der Waals surface area (Å²) < 4.78 is 1.06. The third-order valence-corrected chi connectivity index (χ3v) is 2.06. The first-order chi connectivity index (χ1) is 6.25. The van der Waals surface area contributed by atoms with E-state index in [2.05, 4.69) is 19.1 Å². The summed E-state index contributed by atoms with van der Waals surface area (Å²) >= 11 is 0. The largest absolute Gasteiger partial charge is 0.429 e. The fourth-order valence-corrected chi connectivity index (χ4v) is 1.30. The molecule has 66 valence electrons. The smallest absolute Gasteiger partial charge is 0.0510 e. The van der Waals surface area contributed by atoms with Crippen LogP contribution in [-0.2, 0) is 0 Å². The molecule has 0 spiro atoms. The lowest BCUT2D eigenvalue weighted by Gasteiger charge is -1.97. The molecule has 0 aliphatic rings. The Hall–Kier alpha value is -1.70. The summed E-state index contributed by atoms with van der Waals surface area (Å²) in [7, 11) is 0. The number of nitrogens with zero attached hydrogens (tertiary/aromatic N) is 1. The molecule has 0 saturated carbocycles. The van der Waals surface area contributed by atoms with Gasteiger partial charge in [0.1, 0.15) is 0 Å². The maximum Gasteiger partial charge on any atom is 0.0510 e. The number of aryl methyl sites for hydroxylation is 1. The quantitative estimate of drug-likeness (QED) is 0.659. The summed E-state index contributed by atoms with van der Waals surface area (Å²) in [5, 5.41) is 9.09. The van der Waals surface area contributed by atoms with Crippen LogP contribution in [0.5, 0.6) is 0 Å². The van der Waals surface area contributed by atoms with Crippen molar-refractivity contribution in [1.82, 2.24) is 4.73 Å². The molecule has 0 saturated heterocycles. The Morgan fingerprint density at radius 2 is 1.69 bits per heavy atom. The fraction of sp³-hybridized carbons (Fsp3) is 0.0909. The summed E-state index contributed by atoms with van der Waals surface area (Å²) in [6, 6.07) is 10.1. The number of benzene rings is 1. The lowest BCUT2D eigenvalue weighted by Crippen LogP contribution is -1.81. The first-order valence-electron chi connectivity index (χ1n) is 4.20. The Labute approximate surface area is 77.0 Å². The number of hydrogen-bond acceptors (Lipinski definition) is 1. The summed E-state index contributed by atoms with van der Waals surface area (Å²) in [6.45, 7) is 2.06. The molecule has 0 fully saturated rings. The molecule has 1 aromatic heterocycles. The van der Waals surface area contributed by atoms with E-state index in [9.17, 15) is 0 Å². The van der Waals surface area contributed by atoms with Gasteiger partial charge in [-0.1, -0.05) is 29.8 Å². The minimum absolute atomic E-state index is 1.03. The second-order valence-corrected chi connectivity index (χ2v) is 3.15. The molecule has 1 aromatic carbocycles. The van der Waals surface area contributed by atoms with E-state index >= 15 is 0 Å². The van der Waals surface area contributed by atoms with Gasteiger partial charge in [0, 0.05) is 11.8 Å². The molecule has 2 nitrogen and oxygen atoms in total. The van der Waals surface area contributed by atoms with Crippen molar-refractivity contribution in [3.05, 3.63) is 48.3 Å². The molecule has 2 heteroatoms. The van der Waals surface area contributed by atoms with Crippen LogP contribution in [0.4, 0.5) is 0 Å². The number of hydrogen-bond donors (Lipinski definition) is 1. The van der Waals surface area contributed by atoms with Gasteiger partial charge in [0.25, 0.3) is 0 Å². The van der Waals surface area contributed by atoms with Crippen LogP contribution in [0.1, 0.15) is 5.56 Å². The third-order valence-electron chi connectivity index (χ3n) is 2.06. The minimum atomic E-state index is 1.03. The molecule has 2 aromatic rings. The maximum absolute atomic E-state index is 9.09. The normalized spacial score (nSPS) is 10.2. The standard InChI is InChI=1S/C11H11NO/c1-9-2-4-10(5-3-9)11-6-7-12(13)8-11/h2-8,13H,1H3. The van der Waals surface area contributed by atoms with Crippen LogP contribution in [-0.4, -0.2) is 9.94 Å². The van der Waals surface area contributed by atoms with E-state index in [-0.39, 0.29) is 0 Å². The van der Waals surface area contributed by atoms with Gasteiger partial charge in [-0.15, -0.1) is 0 Å². The second kappa shape index (κ2) is 2.98. The molecule has 0 unspecified atom stereocenters. The van der Waals surface area contributed by atoms with Crippen molar-refractivity contribution in [2.45, 2.75) is 6.92 Å². The summed E-state index contributed by atoms with van der Waals surface area (Å²) in [5.74, 6) is 0. The van der Waals surface area contributed by atoms with Gasteiger partial charge in [-0.3, -0.25) is 0 Å². The Morgan fingerprint density at radius 3 is 2.23 bits per heavy atom. The molecule has 0 bridgehead atoms. The first kappa shape index (κ1) is 7.92. The number of aromatic nitrogens is 1. The van der Waals surface area contributed by atoms with E-state index in [1.54, 1.807) is 12.4 Å². The molecule has 2 rings (SSSR count). The van der Waals surface area contributed by atoms with Crippen LogP contribution in [0.15, 0.2) is 42.7 Å². The van der Waals surface area contributed by atoms with Crippen molar-refractivity contribution in [3.63, 3.8) is 0 Å². The van der Waals surface area contributed by atoms with E-state index in [1.807, 2.05) is 18.2 Å². The minimum Gasteiger partial charge on any atom is -0.429 e. The highest BCUT2D eigenvalue weighted by molar-refractivity contribution is 5.62. The average Bonchev–Trinajstić information content (AvgIpc) is 2.53. The molecule has 1 N–H and O–H groups in total. The van der Waals surface area contributed by atoms with Gasteiger partial charge in [-0.05, 0) is 18.6 Å².